The molecule has 0 radical (unpaired) electrons. The number of H-pyrrole nitrogens is 1. The maximum absolute atomic E-state index is 12.0. The molecule has 29 heavy (non-hydrogen) atoms. The third-order valence-electron chi connectivity index (χ3n) is 4.37. The molecule has 4 rings (SSSR count). The summed E-state index contributed by atoms with van der Waals surface area (Å²) in [6.07, 6.45) is 0. The average molecular weight is 425 g/mol. The van der Waals surface area contributed by atoms with Gasteiger partial charge in [0.1, 0.15) is 11.1 Å². The predicted octanol–water partition coefficient (Wildman–Crippen LogP) is 5.53. The quantitative estimate of drug-likeness (QED) is 0.239. The van der Waals surface area contributed by atoms with E-state index in [0.29, 0.717) is 44.0 Å². The highest BCUT2D eigenvalue weighted by molar-refractivity contribution is 7.98. The Morgan fingerprint density at radius 2 is 1.93 bits per heavy atom. The van der Waals surface area contributed by atoms with E-state index in [4.69, 9.17) is 17.3 Å². The minimum atomic E-state index is -1.02. The zero-order valence-electron chi connectivity index (χ0n) is 15.1. The number of aromatic nitrogens is 2. The molecule has 1 aromatic heterocycles. The Labute approximate surface area is 176 Å². The lowest BCUT2D eigenvalue weighted by molar-refractivity contribution is 0.0695. The molecule has 5 N–H and O–H groups in total. The van der Waals surface area contributed by atoms with E-state index in [1.165, 1.54) is 11.8 Å². The number of nitrogens with one attached hydrogen (secondary N) is 2. The zero-order valence-corrected chi connectivity index (χ0v) is 16.7. The SMILES string of the molecule is Nc1c(Cl)cccc1Nc1nc2c(C(=O)O)c(SCc3ccccc3)ccc2[nH]1. The van der Waals surface area contributed by atoms with E-state index in [2.05, 4.69) is 15.3 Å². The Morgan fingerprint density at radius 1 is 1.14 bits per heavy atom. The number of anilines is 3. The van der Waals surface area contributed by atoms with Crippen LogP contribution < -0.4 is 11.1 Å². The third-order valence-corrected chi connectivity index (χ3v) is 5.83. The first-order valence-electron chi connectivity index (χ1n) is 8.76. The Hall–Kier alpha value is -3.16. The maximum atomic E-state index is 12.0. The second-order valence-electron chi connectivity index (χ2n) is 6.33. The molecule has 4 aromatic rings. The summed E-state index contributed by atoms with van der Waals surface area (Å²) in [5, 5.41) is 13.3. The topological polar surface area (TPSA) is 104 Å². The fourth-order valence-corrected chi connectivity index (χ4v) is 4.13. The van der Waals surface area contributed by atoms with Gasteiger partial charge in [0, 0.05) is 10.6 Å². The summed E-state index contributed by atoms with van der Waals surface area (Å²) in [7, 11) is 0. The minimum Gasteiger partial charge on any atom is -0.478 e. The normalized spacial score (nSPS) is 10.9. The van der Waals surface area contributed by atoms with Gasteiger partial charge in [-0.15, -0.1) is 11.8 Å². The number of nitrogens with zero attached hydrogens (tertiary/aromatic N) is 1. The predicted molar refractivity (Wildman–Crippen MR) is 118 cm³/mol. The van der Waals surface area contributed by atoms with Crippen LogP contribution in [0.1, 0.15) is 15.9 Å². The van der Waals surface area contributed by atoms with Gasteiger partial charge in [-0.05, 0) is 29.8 Å². The molecular formula is C21H17ClN4O2S. The van der Waals surface area contributed by atoms with E-state index in [0.717, 1.165) is 5.56 Å². The second-order valence-corrected chi connectivity index (χ2v) is 7.75. The smallest absolute Gasteiger partial charge is 0.339 e. The Kier molecular flexibility index (Phi) is 5.33. The molecule has 0 spiro atoms. The number of carbonyl (C=O) groups is 1. The highest BCUT2D eigenvalue weighted by atomic mass is 35.5. The van der Waals surface area contributed by atoms with Gasteiger partial charge in [-0.25, -0.2) is 9.78 Å². The summed E-state index contributed by atoms with van der Waals surface area (Å²) >= 11 is 7.52. The molecule has 146 valence electrons. The van der Waals surface area contributed by atoms with E-state index >= 15 is 0 Å². The van der Waals surface area contributed by atoms with E-state index in [1.54, 1.807) is 24.3 Å². The number of carboxylic acid groups (broad SMARTS) is 1. The lowest BCUT2D eigenvalue weighted by Gasteiger charge is -2.07. The van der Waals surface area contributed by atoms with Crippen molar-refractivity contribution >= 4 is 57.7 Å². The molecule has 0 fully saturated rings. The molecule has 0 saturated carbocycles. The number of halogens is 1. The number of para-hydroxylation sites is 1. The van der Waals surface area contributed by atoms with Gasteiger partial charge in [-0.1, -0.05) is 48.0 Å². The molecule has 0 aliphatic heterocycles. The molecule has 3 aromatic carbocycles. The Balaban J connectivity index is 1.68. The molecule has 8 heteroatoms. The van der Waals surface area contributed by atoms with Crippen molar-refractivity contribution in [3.63, 3.8) is 0 Å². The Morgan fingerprint density at radius 3 is 2.69 bits per heavy atom. The van der Waals surface area contributed by atoms with Crippen molar-refractivity contribution in [3.8, 4) is 0 Å². The molecule has 0 aliphatic rings. The van der Waals surface area contributed by atoms with E-state index in [9.17, 15) is 9.90 Å². The van der Waals surface area contributed by atoms with Gasteiger partial charge >= 0.3 is 5.97 Å². The largest absolute Gasteiger partial charge is 0.478 e. The second kappa shape index (κ2) is 8.06. The van der Waals surface area contributed by atoms with Crippen molar-refractivity contribution in [2.45, 2.75) is 10.6 Å². The summed E-state index contributed by atoms with van der Waals surface area (Å²) in [6.45, 7) is 0. The van der Waals surface area contributed by atoms with Crippen LogP contribution in [0.15, 0.2) is 65.6 Å². The van der Waals surface area contributed by atoms with Crippen LogP contribution in [-0.4, -0.2) is 21.0 Å². The average Bonchev–Trinajstić information content (AvgIpc) is 3.12. The van der Waals surface area contributed by atoms with Gasteiger partial charge in [0.25, 0.3) is 0 Å². The van der Waals surface area contributed by atoms with Gasteiger partial charge in [0.05, 0.1) is 21.9 Å². The van der Waals surface area contributed by atoms with Gasteiger partial charge in [0.15, 0.2) is 0 Å². The number of rotatable bonds is 6. The molecule has 0 atom stereocenters. The summed E-state index contributed by atoms with van der Waals surface area (Å²) in [5.74, 6) is 0.0365. The van der Waals surface area contributed by atoms with Gasteiger partial charge in [-0.2, -0.15) is 0 Å². The van der Waals surface area contributed by atoms with Crippen LogP contribution in [0.2, 0.25) is 5.02 Å². The van der Waals surface area contributed by atoms with Crippen LogP contribution in [0.5, 0.6) is 0 Å². The van der Waals surface area contributed by atoms with Crippen molar-refractivity contribution in [1.29, 1.82) is 0 Å². The lowest BCUT2D eigenvalue weighted by atomic mass is 10.2. The first-order chi connectivity index (χ1) is 14.0. The van der Waals surface area contributed by atoms with Crippen molar-refractivity contribution < 1.29 is 9.90 Å². The number of aromatic carboxylic acids is 1. The highest BCUT2D eigenvalue weighted by Gasteiger charge is 2.19. The standard InChI is InChI=1S/C21H17ClN4O2S/c22-13-7-4-8-14(18(13)23)24-21-25-15-9-10-16(17(20(27)28)19(15)26-21)29-11-12-5-2-1-3-6-12/h1-10H,11,23H2,(H,27,28)(H2,24,25,26). The molecular weight excluding hydrogens is 408 g/mol. The molecule has 0 bridgehead atoms. The van der Waals surface area contributed by atoms with E-state index in [1.807, 2.05) is 36.4 Å². The van der Waals surface area contributed by atoms with Crippen LogP contribution in [-0.2, 0) is 5.75 Å². The van der Waals surface area contributed by atoms with Crippen LogP contribution in [0.3, 0.4) is 0 Å². The molecule has 1 heterocycles. The number of hydrogen-bond acceptors (Lipinski definition) is 5. The third kappa shape index (κ3) is 4.01. The number of fused-ring (bicyclic) bond motifs is 1. The number of nitrogens with two attached hydrogens (primary N) is 1. The first kappa shape index (κ1) is 19.2. The zero-order chi connectivity index (χ0) is 20.4. The number of thioether (sulfide) groups is 1. The fourth-order valence-electron chi connectivity index (χ4n) is 2.95. The number of carboxylic acids is 1. The van der Waals surface area contributed by atoms with E-state index < -0.39 is 5.97 Å². The van der Waals surface area contributed by atoms with Gasteiger partial charge in [-0.3, -0.25) is 0 Å². The summed E-state index contributed by atoms with van der Waals surface area (Å²) in [5.41, 5.74) is 9.27. The fraction of sp³-hybridized carbons (Fsp3) is 0.0476. The molecule has 6 nitrogen and oxygen atoms in total. The summed E-state index contributed by atoms with van der Waals surface area (Å²) in [4.78, 5) is 20.2. The number of benzene rings is 3. The van der Waals surface area contributed by atoms with Crippen LogP contribution in [0.4, 0.5) is 17.3 Å². The van der Waals surface area contributed by atoms with Crippen molar-refractivity contribution in [2.75, 3.05) is 11.1 Å². The summed E-state index contributed by atoms with van der Waals surface area (Å²) < 4.78 is 0. The highest BCUT2D eigenvalue weighted by Crippen LogP contribution is 2.33. The van der Waals surface area contributed by atoms with Crippen molar-refractivity contribution in [1.82, 2.24) is 9.97 Å². The van der Waals surface area contributed by atoms with Gasteiger partial charge < -0.3 is 21.1 Å². The van der Waals surface area contributed by atoms with Crippen LogP contribution >= 0.6 is 23.4 Å². The van der Waals surface area contributed by atoms with Gasteiger partial charge in [0.2, 0.25) is 5.95 Å². The van der Waals surface area contributed by atoms with Crippen molar-refractivity contribution in [3.05, 3.63) is 76.8 Å². The number of imidazole rings is 1. The molecule has 0 amide bonds. The lowest BCUT2D eigenvalue weighted by Crippen LogP contribution is -2.01. The van der Waals surface area contributed by atoms with E-state index in [-0.39, 0.29) is 5.56 Å². The summed E-state index contributed by atoms with van der Waals surface area (Å²) in [6, 6.07) is 18.8. The number of nitrogen functional groups attached to an aromatic ring is 1. The molecule has 0 saturated heterocycles. The molecule has 0 unspecified atom stereocenters. The minimum absolute atomic E-state index is 0.173. The van der Waals surface area contributed by atoms with Crippen LogP contribution in [0, 0.1) is 0 Å². The number of aromatic amines is 1. The number of hydrogen-bond donors (Lipinski definition) is 4. The monoisotopic (exact) mass is 424 g/mol. The maximum Gasteiger partial charge on any atom is 0.339 e. The molecule has 0 aliphatic carbocycles. The Bertz CT molecular complexity index is 1190. The van der Waals surface area contributed by atoms with Crippen LogP contribution in [0.25, 0.3) is 11.0 Å². The first-order valence-corrected chi connectivity index (χ1v) is 10.1. The van der Waals surface area contributed by atoms with Crippen molar-refractivity contribution in [2.24, 2.45) is 0 Å².